The van der Waals surface area contributed by atoms with E-state index in [4.69, 9.17) is 5.73 Å². The second-order valence-electron chi connectivity index (χ2n) is 7.24. The highest BCUT2D eigenvalue weighted by Gasteiger charge is 2.31. The Morgan fingerprint density at radius 2 is 1.81 bits per heavy atom. The molecule has 3 N–H and O–H groups in total. The van der Waals surface area contributed by atoms with E-state index in [1.54, 1.807) is 4.90 Å². The number of halogens is 1. The van der Waals surface area contributed by atoms with Crippen LogP contribution in [0.4, 0.5) is 10.5 Å². The summed E-state index contributed by atoms with van der Waals surface area (Å²) >= 11 is 0. The number of hydrogen-bond acceptors (Lipinski definition) is 3. The molecule has 3 rings (SSSR count). The maximum atomic E-state index is 12.7. The van der Waals surface area contributed by atoms with E-state index in [1.165, 1.54) is 0 Å². The summed E-state index contributed by atoms with van der Waals surface area (Å²) < 4.78 is 0. The van der Waals surface area contributed by atoms with Crippen LogP contribution in [0.3, 0.4) is 0 Å². The van der Waals surface area contributed by atoms with E-state index in [9.17, 15) is 9.59 Å². The number of rotatable bonds is 2. The Bertz CT molecular complexity index is 632. The summed E-state index contributed by atoms with van der Waals surface area (Å²) in [6.45, 7) is 4.35. The quantitative estimate of drug-likeness (QED) is 0.827. The molecule has 7 heteroatoms. The zero-order chi connectivity index (χ0) is 17.8. The van der Waals surface area contributed by atoms with Gasteiger partial charge in [0.05, 0.1) is 0 Å². The summed E-state index contributed by atoms with van der Waals surface area (Å²) in [6, 6.07) is 7.82. The number of nitrogens with one attached hydrogen (secondary N) is 1. The normalized spacial score (nSPS) is 23.2. The lowest BCUT2D eigenvalue weighted by Gasteiger charge is -2.37. The molecule has 1 aliphatic heterocycles. The Kier molecular flexibility index (Phi) is 7.29. The lowest BCUT2D eigenvalue weighted by atomic mass is 9.85. The third-order valence-corrected chi connectivity index (χ3v) is 5.21. The predicted molar refractivity (Wildman–Crippen MR) is 106 cm³/mol. The number of carbonyl (C=O) groups is 2. The number of nitrogens with two attached hydrogens (primary N) is 1. The summed E-state index contributed by atoms with van der Waals surface area (Å²) in [7, 11) is 0. The minimum absolute atomic E-state index is 0. The molecule has 1 aromatic rings. The van der Waals surface area contributed by atoms with Crippen molar-refractivity contribution in [3.8, 4) is 0 Å². The van der Waals surface area contributed by atoms with Crippen LogP contribution < -0.4 is 11.1 Å². The number of benzene rings is 1. The highest BCUT2D eigenvalue weighted by atomic mass is 35.5. The second-order valence-corrected chi connectivity index (χ2v) is 7.24. The second kappa shape index (κ2) is 9.24. The van der Waals surface area contributed by atoms with E-state index in [0.717, 1.165) is 36.9 Å². The number of nitrogens with zero attached hydrogens (tertiary/aromatic N) is 2. The molecule has 1 heterocycles. The zero-order valence-electron chi connectivity index (χ0n) is 15.3. The fourth-order valence-electron chi connectivity index (χ4n) is 3.77. The van der Waals surface area contributed by atoms with E-state index in [2.05, 4.69) is 5.32 Å². The maximum absolute atomic E-state index is 12.7. The number of aryl methyl sites for hydroxylation is 1. The number of urea groups is 1. The van der Waals surface area contributed by atoms with Gasteiger partial charge in [0.25, 0.3) is 0 Å². The molecule has 2 atom stereocenters. The molecule has 2 unspecified atom stereocenters. The molecule has 0 spiro atoms. The van der Waals surface area contributed by atoms with Crippen LogP contribution in [0.25, 0.3) is 0 Å². The molecule has 2 fully saturated rings. The Morgan fingerprint density at radius 1 is 1.12 bits per heavy atom. The summed E-state index contributed by atoms with van der Waals surface area (Å²) in [6.07, 6.45) is 3.81. The molecule has 3 amide bonds. The number of piperazine rings is 1. The molecule has 1 saturated heterocycles. The van der Waals surface area contributed by atoms with Crippen LogP contribution in [0.15, 0.2) is 24.3 Å². The van der Waals surface area contributed by atoms with Crippen LogP contribution in [0.5, 0.6) is 0 Å². The van der Waals surface area contributed by atoms with Crippen molar-refractivity contribution in [2.45, 2.75) is 38.6 Å². The highest BCUT2D eigenvalue weighted by Crippen LogP contribution is 2.25. The van der Waals surface area contributed by atoms with Crippen molar-refractivity contribution >= 4 is 30.0 Å². The Balaban J connectivity index is 0.00000243. The van der Waals surface area contributed by atoms with Gasteiger partial charge >= 0.3 is 6.03 Å². The van der Waals surface area contributed by atoms with Gasteiger partial charge in [0.15, 0.2) is 0 Å². The van der Waals surface area contributed by atoms with Crippen molar-refractivity contribution < 1.29 is 9.59 Å². The molecule has 6 nitrogen and oxygen atoms in total. The monoisotopic (exact) mass is 380 g/mol. The summed E-state index contributed by atoms with van der Waals surface area (Å²) in [4.78, 5) is 28.7. The van der Waals surface area contributed by atoms with Gasteiger partial charge < -0.3 is 20.9 Å². The molecule has 144 valence electrons. The van der Waals surface area contributed by atoms with Gasteiger partial charge in [-0.2, -0.15) is 0 Å². The summed E-state index contributed by atoms with van der Waals surface area (Å²) in [5, 5.41) is 2.93. The van der Waals surface area contributed by atoms with Gasteiger partial charge in [-0.05, 0) is 43.9 Å². The number of carbonyl (C=O) groups excluding carboxylic acids is 2. The van der Waals surface area contributed by atoms with Crippen LogP contribution in [-0.2, 0) is 4.79 Å². The minimum Gasteiger partial charge on any atom is -0.339 e. The summed E-state index contributed by atoms with van der Waals surface area (Å²) in [5.74, 6) is 0.283. The van der Waals surface area contributed by atoms with Crippen molar-refractivity contribution in [2.75, 3.05) is 31.5 Å². The first kappa shape index (κ1) is 20.5. The van der Waals surface area contributed by atoms with Crippen LogP contribution in [0, 0.1) is 12.8 Å². The molecule has 0 aromatic heterocycles. The van der Waals surface area contributed by atoms with E-state index in [0.29, 0.717) is 26.2 Å². The lowest BCUT2D eigenvalue weighted by molar-refractivity contribution is -0.138. The Labute approximate surface area is 161 Å². The fourth-order valence-corrected chi connectivity index (χ4v) is 3.77. The largest absolute Gasteiger partial charge is 0.339 e. The topological polar surface area (TPSA) is 78.7 Å². The van der Waals surface area contributed by atoms with Crippen molar-refractivity contribution in [3.05, 3.63) is 29.8 Å². The molecular formula is C19H29ClN4O2. The van der Waals surface area contributed by atoms with Gasteiger partial charge in [0.1, 0.15) is 0 Å². The first-order valence-electron chi connectivity index (χ1n) is 9.20. The molecule has 2 aliphatic rings. The standard InChI is InChI=1S/C19H28N4O2.ClH/c1-14-4-2-7-17(12-14)21-19(25)23-10-8-22(9-11-23)18(24)15-5-3-6-16(20)13-15;/h2,4,7,12,15-16H,3,5-6,8-11,13,20H2,1H3,(H,21,25);1H. The predicted octanol–water partition coefficient (Wildman–Crippen LogP) is 2.61. The molecule has 1 aromatic carbocycles. The first-order chi connectivity index (χ1) is 12.0. The number of hydrogen-bond donors (Lipinski definition) is 2. The van der Waals surface area contributed by atoms with E-state index in [-0.39, 0.29) is 36.3 Å². The number of amides is 3. The molecule has 0 bridgehead atoms. The Hall–Kier alpha value is -1.79. The Morgan fingerprint density at radius 3 is 2.46 bits per heavy atom. The van der Waals surface area contributed by atoms with Crippen LogP contribution >= 0.6 is 12.4 Å². The maximum Gasteiger partial charge on any atom is 0.321 e. The van der Waals surface area contributed by atoms with E-state index < -0.39 is 0 Å². The SMILES string of the molecule is Cc1cccc(NC(=O)N2CCN(C(=O)C3CCCC(N)C3)CC2)c1.Cl. The van der Waals surface area contributed by atoms with Crippen molar-refractivity contribution in [1.82, 2.24) is 9.80 Å². The fraction of sp³-hybridized carbons (Fsp3) is 0.579. The highest BCUT2D eigenvalue weighted by molar-refractivity contribution is 5.89. The smallest absolute Gasteiger partial charge is 0.321 e. The first-order valence-corrected chi connectivity index (χ1v) is 9.20. The van der Waals surface area contributed by atoms with E-state index in [1.807, 2.05) is 36.1 Å². The van der Waals surface area contributed by atoms with Crippen molar-refractivity contribution in [2.24, 2.45) is 11.7 Å². The average molecular weight is 381 g/mol. The van der Waals surface area contributed by atoms with Gasteiger partial charge in [-0.3, -0.25) is 4.79 Å². The third-order valence-electron chi connectivity index (χ3n) is 5.21. The average Bonchev–Trinajstić information content (AvgIpc) is 2.61. The minimum atomic E-state index is -0.0996. The molecule has 1 aliphatic carbocycles. The zero-order valence-corrected chi connectivity index (χ0v) is 16.1. The molecule has 1 saturated carbocycles. The molecule has 0 radical (unpaired) electrons. The summed E-state index contributed by atoms with van der Waals surface area (Å²) in [5.41, 5.74) is 7.92. The van der Waals surface area contributed by atoms with Gasteiger partial charge in [-0.25, -0.2) is 4.79 Å². The molecular weight excluding hydrogens is 352 g/mol. The number of anilines is 1. The van der Waals surface area contributed by atoms with Crippen LogP contribution in [-0.4, -0.2) is 54.0 Å². The van der Waals surface area contributed by atoms with Crippen LogP contribution in [0.2, 0.25) is 0 Å². The van der Waals surface area contributed by atoms with Crippen molar-refractivity contribution in [3.63, 3.8) is 0 Å². The van der Waals surface area contributed by atoms with E-state index >= 15 is 0 Å². The van der Waals surface area contributed by atoms with Gasteiger partial charge in [0.2, 0.25) is 5.91 Å². The van der Waals surface area contributed by atoms with Gasteiger partial charge in [0, 0.05) is 43.8 Å². The van der Waals surface area contributed by atoms with Crippen LogP contribution in [0.1, 0.15) is 31.2 Å². The van der Waals surface area contributed by atoms with Crippen molar-refractivity contribution in [1.29, 1.82) is 0 Å². The molecule has 26 heavy (non-hydrogen) atoms. The lowest BCUT2D eigenvalue weighted by Crippen LogP contribution is -2.53. The van der Waals surface area contributed by atoms with Gasteiger partial charge in [-0.1, -0.05) is 18.6 Å². The van der Waals surface area contributed by atoms with Gasteiger partial charge in [-0.15, -0.1) is 12.4 Å². The third kappa shape index (κ3) is 5.11.